The van der Waals surface area contributed by atoms with Crippen LogP contribution in [0.2, 0.25) is 0 Å². The second kappa shape index (κ2) is 4.34. The highest BCUT2D eigenvalue weighted by Gasteiger charge is 2.43. The summed E-state index contributed by atoms with van der Waals surface area (Å²) >= 11 is 0. The average molecular weight is 269 g/mol. The molecule has 0 saturated heterocycles. The maximum Gasteiger partial charge on any atom is 0.315 e. The Hall–Kier alpha value is -2.36. The van der Waals surface area contributed by atoms with E-state index in [1.165, 1.54) is 0 Å². The van der Waals surface area contributed by atoms with Crippen molar-refractivity contribution in [3.63, 3.8) is 0 Å². The number of carbonyl (C=O) groups is 2. The van der Waals surface area contributed by atoms with E-state index in [9.17, 15) is 14.7 Å². The monoisotopic (exact) mass is 269 g/mol. The van der Waals surface area contributed by atoms with Crippen LogP contribution >= 0.6 is 0 Å². The van der Waals surface area contributed by atoms with Gasteiger partial charge in [0.25, 0.3) is 0 Å². The minimum Gasteiger partial charge on any atom is -0.481 e. The molecule has 0 fully saturated rings. The van der Waals surface area contributed by atoms with Gasteiger partial charge in [0.15, 0.2) is 0 Å². The number of carboxylic acid groups (broad SMARTS) is 1. The van der Waals surface area contributed by atoms with Crippen LogP contribution in [-0.4, -0.2) is 21.4 Å². The van der Waals surface area contributed by atoms with Crippen molar-refractivity contribution in [1.29, 1.82) is 0 Å². The quantitative estimate of drug-likeness (QED) is 0.871. The lowest BCUT2D eigenvalue weighted by Gasteiger charge is -2.16. The summed E-state index contributed by atoms with van der Waals surface area (Å²) in [6.07, 6.45) is 0.521. The van der Waals surface area contributed by atoms with E-state index in [4.69, 9.17) is 0 Å². The first-order valence-electron chi connectivity index (χ1n) is 6.57. The van der Waals surface area contributed by atoms with E-state index >= 15 is 0 Å². The van der Waals surface area contributed by atoms with Crippen molar-refractivity contribution in [2.75, 3.05) is 0 Å². The summed E-state index contributed by atoms with van der Waals surface area (Å²) in [7, 11) is 0. The van der Waals surface area contributed by atoms with Crippen molar-refractivity contribution in [1.82, 2.24) is 4.57 Å². The molecule has 2 aromatic rings. The fourth-order valence-corrected chi connectivity index (χ4v) is 2.81. The number of carbonyl (C=O) groups excluding carboxylic acids is 1. The molecule has 0 radical (unpaired) electrons. The Labute approximate surface area is 116 Å². The predicted molar refractivity (Wildman–Crippen MR) is 73.9 cm³/mol. The normalized spacial score (nSPS) is 20.6. The van der Waals surface area contributed by atoms with E-state index in [0.29, 0.717) is 29.9 Å². The Morgan fingerprint density at radius 2 is 1.85 bits per heavy atom. The molecule has 20 heavy (non-hydrogen) atoms. The molecular formula is C16H15NO3. The molecule has 0 saturated carbocycles. The van der Waals surface area contributed by atoms with Gasteiger partial charge in [-0.15, -0.1) is 0 Å². The highest BCUT2D eigenvalue weighted by molar-refractivity contribution is 6.08. The zero-order chi connectivity index (χ0) is 14.3. The highest BCUT2D eigenvalue weighted by Crippen LogP contribution is 2.37. The molecule has 4 nitrogen and oxygen atoms in total. The molecule has 1 atom stereocenters. The van der Waals surface area contributed by atoms with E-state index in [1.807, 2.05) is 22.8 Å². The molecule has 0 bridgehead atoms. The predicted octanol–water partition coefficient (Wildman–Crippen LogP) is 2.47. The zero-order valence-electron chi connectivity index (χ0n) is 11.2. The number of rotatable bonds is 3. The maximum absolute atomic E-state index is 12.5. The van der Waals surface area contributed by atoms with Crippen LogP contribution in [0.5, 0.6) is 0 Å². The smallest absolute Gasteiger partial charge is 0.315 e. The van der Waals surface area contributed by atoms with Gasteiger partial charge in [0.1, 0.15) is 5.41 Å². The number of ketones is 1. The lowest BCUT2D eigenvalue weighted by atomic mass is 9.86. The van der Waals surface area contributed by atoms with Gasteiger partial charge in [0.05, 0.1) is 5.69 Å². The van der Waals surface area contributed by atoms with Gasteiger partial charge in [-0.2, -0.15) is 0 Å². The molecule has 0 aliphatic carbocycles. The number of hydrogen-bond acceptors (Lipinski definition) is 2. The lowest BCUT2D eigenvalue weighted by Crippen LogP contribution is -2.29. The van der Waals surface area contributed by atoms with Gasteiger partial charge in [0.2, 0.25) is 5.78 Å². The molecule has 2 heterocycles. The van der Waals surface area contributed by atoms with Gasteiger partial charge in [-0.25, -0.2) is 0 Å². The van der Waals surface area contributed by atoms with Crippen molar-refractivity contribution >= 4 is 11.8 Å². The molecule has 1 aromatic heterocycles. The third-order valence-corrected chi connectivity index (χ3v) is 4.12. The maximum atomic E-state index is 12.5. The first-order chi connectivity index (χ1) is 9.54. The van der Waals surface area contributed by atoms with Crippen LogP contribution < -0.4 is 0 Å². The van der Waals surface area contributed by atoms with Gasteiger partial charge < -0.3 is 9.67 Å². The molecular weight excluding hydrogens is 254 g/mol. The van der Waals surface area contributed by atoms with Gasteiger partial charge in [-0.3, -0.25) is 9.59 Å². The fraction of sp³-hybridized carbons (Fsp3) is 0.250. The molecule has 1 unspecified atom stereocenters. The number of aromatic nitrogens is 1. The lowest BCUT2D eigenvalue weighted by molar-refractivity contribution is -0.143. The molecule has 1 aromatic carbocycles. The second-order valence-corrected chi connectivity index (χ2v) is 5.34. The van der Waals surface area contributed by atoms with Crippen LogP contribution in [0.4, 0.5) is 0 Å². The van der Waals surface area contributed by atoms with Crippen LogP contribution in [-0.2, 0) is 16.8 Å². The van der Waals surface area contributed by atoms with E-state index in [0.717, 1.165) is 0 Å². The molecule has 3 rings (SSSR count). The topological polar surface area (TPSA) is 59.3 Å². The van der Waals surface area contributed by atoms with Gasteiger partial charge >= 0.3 is 5.97 Å². The van der Waals surface area contributed by atoms with E-state index in [1.54, 1.807) is 31.2 Å². The number of aliphatic carboxylic acids is 1. The first-order valence-corrected chi connectivity index (χ1v) is 6.57. The Morgan fingerprint density at radius 3 is 2.50 bits per heavy atom. The molecule has 102 valence electrons. The first kappa shape index (κ1) is 12.7. The number of fused-ring (bicyclic) bond motifs is 1. The minimum atomic E-state index is -0.894. The molecule has 1 N–H and O–H groups in total. The van der Waals surface area contributed by atoms with Gasteiger partial charge in [0, 0.05) is 17.8 Å². The van der Waals surface area contributed by atoms with Crippen LogP contribution in [0, 0.1) is 0 Å². The average Bonchev–Trinajstić information content (AvgIpc) is 3.01. The summed E-state index contributed by atoms with van der Waals surface area (Å²) in [5.74, 6) is -0.903. The van der Waals surface area contributed by atoms with Gasteiger partial charge in [-0.1, -0.05) is 30.3 Å². The summed E-state index contributed by atoms with van der Waals surface area (Å²) in [4.78, 5) is 23.9. The third-order valence-electron chi connectivity index (χ3n) is 4.12. The number of benzene rings is 1. The molecule has 0 amide bonds. The van der Waals surface area contributed by atoms with Crippen molar-refractivity contribution < 1.29 is 14.7 Å². The van der Waals surface area contributed by atoms with Crippen LogP contribution in [0.1, 0.15) is 35.1 Å². The van der Waals surface area contributed by atoms with Crippen molar-refractivity contribution in [3.8, 4) is 0 Å². The molecule has 1 aliphatic rings. The molecule has 4 heteroatoms. The number of nitrogens with zero attached hydrogens (tertiary/aromatic N) is 1. The Bertz CT molecular complexity index is 687. The van der Waals surface area contributed by atoms with Gasteiger partial charge in [-0.05, 0) is 25.5 Å². The van der Waals surface area contributed by atoms with Crippen molar-refractivity contribution in [2.24, 2.45) is 0 Å². The minimum absolute atomic E-state index is 0.0634. The second-order valence-electron chi connectivity index (χ2n) is 5.34. The SMILES string of the molecule is CC1(C(=O)O)CCn2c(C(=O)c3ccccc3)ccc21. The number of carboxylic acids is 1. The largest absolute Gasteiger partial charge is 0.481 e. The Balaban J connectivity index is 2.04. The van der Waals surface area contributed by atoms with Crippen molar-refractivity contribution in [2.45, 2.75) is 25.3 Å². The fourth-order valence-electron chi connectivity index (χ4n) is 2.81. The van der Waals surface area contributed by atoms with Crippen LogP contribution in [0.25, 0.3) is 0 Å². The Morgan fingerprint density at radius 1 is 1.15 bits per heavy atom. The molecule has 0 spiro atoms. The molecule has 1 aliphatic heterocycles. The zero-order valence-corrected chi connectivity index (χ0v) is 11.2. The number of hydrogen-bond donors (Lipinski definition) is 1. The standard InChI is InChI=1S/C16H15NO3/c1-16(15(19)20)9-10-17-12(7-8-13(16)17)14(18)11-5-3-2-4-6-11/h2-8H,9-10H2,1H3,(H,19,20). The summed E-state index contributed by atoms with van der Waals surface area (Å²) < 4.78 is 1.84. The van der Waals surface area contributed by atoms with Crippen LogP contribution in [0.3, 0.4) is 0 Å². The summed E-state index contributed by atoms with van der Waals surface area (Å²) in [5.41, 5.74) is 1.01. The van der Waals surface area contributed by atoms with E-state index < -0.39 is 11.4 Å². The summed E-state index contributed by atoms with van der Waals surface area (Å²) in [6.45, 7) is 2.28. The third kappa shape index (κ3) is 1.68. The van der Waals surface area contributed by atoms with E-state index in [-0.39, 0.29) is 5.78 Å². The van der Waals surface area contributed by atoms with Crippen molar-refractivity contribution in [3.05, 3.63) is 59.4 Å². The highest BCUT2D eigenvalue weighted by atomic mass is 16.4. The Kier molecular flexibility index (Phi) is 2.74. The van der Waals surface area contributed by atoms with E-state index in [2.05, 4.69) is 0 Å². The summed E-state index contributed by atoms with van der Waals surface area (Å²) in [5, 5.41) is 9.39. The summed E-state index contributed by atoms with van der Waals surface area (Å²) in [6, 6.07) is 12.5. The van der Waals surface area contributed by atoms with Crippen LogP contribution in [0.15, 0.2) is 42.5 Å².